The molecule has 9 heteroatoms. The Labute approximate surface area is 198 Å². The van der Waals surface area contributed by atoms with Crippen molar-refractivity contribution in [2.24, 2.45) is 5.10 Å². The molecule has 1 N–H and O–H groups in total. The van der Waals surface area contributed by atoms with Crippen molar-refractivity contribution >= 4 is 28.1 Å². The fourth-order valence-corrected chi connectivity index (χ4v) is 4.45. The van der Waals surface area contributed by atoms with E-state index >= 15 is 0 Å². The summed E-state index contributed by atoms with van der Waals surface area (Å²) in [6, 6.07) is 22.0. The molecule has 3 aromatic carbocycles. The number of hydrazone groups is 1. The van der Waals surface area contributed by atoms with Crippen molar-refractivity contribution in [2.45, 2.75) is 18.4 Å². The average Bonchev–Trinajstić information content (AvgIpc) is 2.84. The minimum absolute atomic E-state index is 0.0309. The predicted octanol–water partition coefficient (Wildman–Crippen LogP) is 3.12. The quantitative estimate of drug-likeness (QED) is 0.288. The van der Waals surface area contributed by atoms with Gasteiger partial charge in [0.05, 0.1) is 30.3 Å². The lowest BCUT2D eigenvalue weighted by molar-refractivity contribution is -0.121. The summed E-state index contributed by atoms with van der Waals surface area (Å²) in [5.41, 5.74) is 5.07. The van der Waals surface area contributed by atoms with Crippen molar-refractivity contribution in [2.75, 3.05) is 13.7 Å². The van der Waals surface area contributed by atoms with Crippen LogP contribution >= 0.6 is 0 Å². The number of methoxy groups -OCH3 is 1. The molecular formula is C25H25N3O5S. The molecule has 0 spiro atoms. The molecule has 176 valence electrons. The molecule has 0 saturated heterocycles. The Balaban J connectivity index is 1.72. The fourth-order valence-electron chi connectivity index (χ4n) is 3.07. The Morgan fingerprint density at radius 2 is 1.62 bits per heavy atom. The summed E-state index contributed by atoms with van der Waals surface area (Å²) in [6.07, 6.45) is 1.40. The van der Waals surface area contributed by atoms with Crippen molar-refractivity contribution in [3.8, 4) is 0 Å². The van der Waals surface area contributed by atoms with E-state index in [-0.39, 0.29) is 11.4 Å². The van der Waals surface area contributed by atoms with Gasteiger partial charge in [0.25, 0.3) is 5.91 Å². The highest BCUT2D eigenvalue weighted by molar-refractivity contribution is 7.89. The second-order valence-corrected chi connectivity index (χ2v) is 9.42. The van der Waals surface area contributed by atoms with Crippen LogP contribution in [-0.2, 0) is 26.1 Å². The Hall–Kier alpha value is -3.82. The van der Waals surface area contributed by atoms with Crippen LogP contribution in [0.4, 0.5) is 0 Å². The molecule has 0 unspecified atom stereocenters. The number of carbonyl (C=O) groups is 2. The summed E-state index contributed by atoms with van der Waals surface area (Å²) in [4.78, 5) is 24.2. The maximum atomic E-state index is 13.3. The van der Waals surface area contributed by atoms with Crippen molar-refractivity contribution in [3.63, 3.8) is 0 Å². The van der Waals surface area contributed by atoms with E-state index in [0.29, 0.717) is 11.1 Å². The van der Waals surface area contributed by atoms with E-state index < -0.39 is 28.4 Å². The van der Waals surface area contributed by atoms with Gasteiger partial charge >= 0.3 is 5.97 Å². The van der Waals surface area contributed by atoms with Gasteiger partial charge in [-0.3, -0.25) is 4.79 Å². The van der Waals surface area contributed by atoms with Crippen LogP contribution in [0.1, 0.15) is 27.0 Å². The zero-order chi connectivity index (χ0) is 24.6. The molecule has 0 aliphatic rings. The van der Waals surface area contributed by atoms with E-state index in [0.717, 1.165) is 15.4 Å². The first-order chi connectivity index (χ1) is 16.3. The van der Waals surface area contributed by atoms with Crippen molar-refractivity contribution < 1.29 is 22.7 Å². The summed E-state index contributed by atoms with van der Waals surface area (Å²) in [5.74, 6) is -1.04. The first-order valence-electron chi connectivity index (χ1n) is 10.4. The zero-order valence-electron chi connectivity index (χ0n) is 18.8. The van der Waals surface area contributed by atoms with Gasteiger partial charge in [-0.05, 0) is 42.3 Å². The van der Waals surface area contributed by atoms with E-state index in [1.54, 1.807) is 48.5 Å². The normalized spacial score (nSPS) is 11.5. The fraction of sp³-hybridized carbons (Fsp3) is 0.160. The summed E-state index contributed by atoms with van der Waals surface area (Å²) in [7, 11) is -2.63. The van der Waals surface area contributed by atoms with Crippen molar-refractivity contribution in [1.29, 1.82) is 0 Å². The first kappa shape index (κ1) is 24.8. The summed E-state index contributed by atoms with van der Waals surface area (Å²) in [5, 5.41) is 3.90. The van der Waals surface area contributed by atoms with Crippen LogP contribution in [0.5, 0.6) is 0 Å². The van der Waals surface area contributed by atoms with Crippen LogP contribution in [0, 0.1) is 6.92 Å². The number of nitrogens with one attached hydrogen (secondary N) is 1. The van der Waals surface area contributed by atoms with Gasteiger partial charge in [-0.15, -0.1) is 0 Å². The maximum Gasteiger partial charge on any atom is 0.337 e. The third kappa shape index (κ3) is 6.60. The molecule has 3 aromatic rings. The number of nitrogens with zero attached hydrogens (tertiary/aromatic N) is 2. The zero-order valence-corrected chi connectivity index (χ0v) is 19.7. The summed E-state index contributed by atoms with van der Waals surface area (Å²) in [6.45, 7) is 1.49. The second kappa shape index (κ2) is 11.4. The smallest absolute Gasteiger partial charge is 0.337 e. The van der Waals surface area contributed by atoms with Gasteiger partial charge in [-0.2, -0.15) is 9.41 Å². The standard InChI is InChI=1S/C25H25N3O5S/c1-19-8-14-23(15-9-19)34(31,32)28(17-21-6-4-3-5-7-21)18-24(29)27-26-16-20-10-12-22(13-11-20)25(30)33-2/h3-16H,17-18H2,1-2H3,(H,27,29)/b26-16-. The lowest BCUT2D eigenvalue weighted by Gasteiger charge is -2.21. The lowest BCUT2D eigenvalue weighted by atomic mass is 10.1. The molecule has 0 heterocycles. The van der Waals surface area contributed by atoms with Crippen molar-refractivity contribution in [3.05, 3.63) is 101 Å². The van der Waals surface area contributed by atoms with E-state index in [4.69, 9.17) is 0 Å². The van der Waals surface area contributed by atoms with E-state index in [1.165, 1.54) is 25.5 Å². The topological polar surface area (TPSA) is 105 Å². The minimum atomic E-state index is -3.93. The third-order valence-corrected chi connectivity index (χ3v) is 6.72. The Kier molecular flexibility index (Phi) is 8.29. The highest BCUT2D eigenvalue weighted by atomic mass is 32.2. The monoisotopic (exact) mass is 479 g/mol. The Bertz CT molecular complexity index is 1260. The summed E-state index contributed by atoms with van der Waals surface area (Å²) >= 11 is 0. The molecule has 3 rings (SSSR count). The van der Waals surface area contributed by atoms with Crippen molar-refractivity contribution in [1.82, 2.24) is 9.73 Å². The van der Waals surface area contributed by atoms with E-state index in [1.807, 2.05) is 25.1 Å². The number of aryl methyl sites for hydroxylation is 1. The molecule has 0 atom stereocenters. The number of ether oxygens (including phenoxy) is 1. The van der Waals surface area contributed by atoms with E-state index in [9.17, 15) is 18.0 Å². The predicted molar refractivity (Wildman–Crippen MR) is 129 cm³/mol. The van der Waals surface area contributed by atoms with Gasteiger partial charge in [0, 0.05) is 6.54 Å². The van der Waals surface area contributed by atoms with Gasteiger partial charge in [0.2, 0.25) is 10.0 Å². The molecule has 34 heavy (non-hydrogen) atoms. The molecule has 8 nitrogen and oxygen atoms in total. The second-order valence-electron chi connectivity index (χ2n) is 7.48. The van der Waals surface area contributed by atoms with Gasteiger partial charge in [0.1, 0.15) is 0 Å². The number of carbonyl (C=O) groups excluding carboxylic acids is 2. The highest BCUT2D eigenvalue weighted by Gasteiger charge is 2.26. The van der Waals surface area contributed by atoms with Crippen LogP contribution in [0.15, 0.2) is 88.9 Å². The number of hydrogen-bond acceptors (Lipinski definition) is 6. The third-order valence-electron chi connectivity index (χ3n) is 4.92. The van der Waals surface area contributed by atoms with Gasteiger partial charge < -0.3 is 4.74 Å². The maximum absolute atomic E-state index is 13.3. The summed E-state index contributed by atoms with van der Waals surface area (Å²) < 4.78 is 32.3. The molecule has 0 aliphatic carbocycles. The SMILES string of the molecule is COC(=O)c1ccc(/C=N\NC(=O)CN(Cc2ccccc2)S(=O)(=O)c2ccc(C)cc2)cc1. The van der Waals surface area contributed by atoms with Crippen LogP contribution in [0.25, 0.3) is 0 Å². The Morgan fingerprint density at radius 1 is 0.971 bits per heavy atom. The molecule has 0 bridgehead atoms. The van der Waals surface area contributed by atoms with Gasteiger partial charge in [0.15, 0.2) is 0 Å². The number of sulfonamides is 1. The van der Waals surface area contributed by atoms with Crippen LogP contribution in [-0.4, -0.2) is 44.5 Å². The van der Waals surface area contributed by atoms with Gasteiger partial charge in [-0.25, -0.2) is 18.6 Å². The molecule has 0 fully saturated rings. The molecule has 0 saturated carbocycles. The largest absolute Gasteiger partial charge is 0.465 e. The number of hydrogen-bond donors (Lipinski definition) is 1. The molecule has 0 aliphatic heterocycles. The average molecular weight is 480 g/mol. The van der Waals surface area contributed by atoms with Crippen LogP contribution in [0.2, 0.25) is 0 Å². The lowest BCUT2D eigenvalue weighted by Crippen LogP contribution is -2.39. The number of esters is 1. The Morgan fingerprint density at radius 3 is 2.24 bits per heavy atom. The number of rotatable bonds is 9. The highest BCUT2D eigenvalue weighted by Crippen LogP contribution is 2.19. The molecular weight excluding hydrogens is 454 g/mol. The molecule has 0 aromatic heterocycles. The first-order valence-corrected chi connectivity index (χ1v) is 11.8. The number of benzene rings is 3. The van der Waals surface area contributed by atoms with Crippen LogP contribution < -0.4 is 5.43 Å². The molecule has 1 amide bonds. The van der Waals surface area contributed by atoms with Gasteiger partial charge in [-0.1, -0.05) is 60.2 Å². The molecule has 0 radical (unpaired) electrons. The number of amides is 1. The van der Waals surface area contributed by atoms with E-state index in [2.05, 4.69) is 15.3 Å². The van der Waals surface area contributed by atoms with Crippen LogP contribution in [0.3, 0.4) is 0 Å². The minimum Gasteiger partial charge on any atom is -0.465 e.